The second-order valence-corrected chi connectivity index (χ2v) is 4.11. The predicted octanol–water partition coefficient (Wildman–Crippen LogP) is 0.412. The van der Waals surface area contributed by atoms with Crippen molar-refractivity contribution in [3.05, 3.63) is 48.2 Å². The van der Waals surface area contributed by atoms with E-state index in [1.807, 2.05) is 24.3 Å². The van der Waals surface area contributed by atoms with Gasteiger partial charge in [0.15, 0.2) is 0 Å². The van der Waals surface area contributed by atoms with Gasteiger partial charge in [-0.3, -0.25) is 15.0 Å². The van der Waals surface area contributed by atoms with Gasteiger partial charge in [-0.25, -0.2) is 10.6 Å². The zero-order valence-electron chi connectivity index (χ0n) is 11.4. The van der Waals surface area contributed by atoms with Crippen molar-refractivity contribution in [1.29, 1.82) is 0 Å². The van der Waals surface area contributed by atoms with Crippen LogP contribution in [0.25, 0.3) is 10.9 Å². The first-order valence-electron chi connectivity index (χ1n) is 6.12. The first kappa shape index (κ1) is 16.9. The van der Waals surface area contributed by atoms with E-state index in [0.717, 1.165) is 22.5 Å². The zero-order valence-corrected chi connectivity index (χ0v) is 11.4. The lowest BCUT2D eigenvalue weighted by Crippen LogP contribution is -2.28. The summed E-state index contributed by atoms with van der Waals surface area (Å²) in [5.41, 5.74) is 3.55. The molecule has 0 bridgehead atoms. The molecule has 22 heavy (non-hydrogen) atoms. The minimum Gasteiger partial charge on any atom is -0.481 e. The normalized spacial score (nSPS) is 10.0. The van der Waals surface area contributed by atoms with Gasteiger partial charge in [0.05, 0.1) is 6.42 Å². The van der Waals surface area contributed by atoms with Crippen LogP contribution in [0.3, 0.4) is 0 Å². The molecule has 116 valence electrons. The van der Waals surface area contributed by atoms with Crippen LogP contribution in [-0.4, -0.2) is 33.0 Å². The maximum absolute atomic E-state index is 10.5. The van der Waals surface area contributed by atoms with Gasteiger partial charge in [0.25, 0.3) is 5.91 Å². The molecule has 0 atom stereocenters. The first-order chi connectivity index (χ1) is 10.4. The van der Waals surface area contributed by atoms with Crippen molar-refractivity contribution < 1.29 is 24.6 Å². The van der Waals surface area contributed by atoms with E-state index >= 15 is 0 Å². The molecule has 2 rings (SSSR count). The van der Waals surface area contributed by atoms with Crippen LogP contribution in [0.5, 0.6) is 0 Å². The van der Waals surface area contributed by atoms with Crippen molar-refractivity contribution in [2.24, 2.45) is 5.84 Å². The number of hydrogen-bond acceptors (Lipinski definition) is 4. The third-order valence-corrected chi connectivity index (χ3v) is 2.54. The van der Waals surface area contributed by atoms with Crippen LogP contribution >= 0.6 is 0 Å². The van der Waals surface area contributed by atoms with Crippen molar-refractivity contribution in [2.75, 3.05) is 0 Å². The van der Waals surface area contributed by atoms with E-state index in [0.29, 0.717) is 6.08 Å². The molecular formula is C14H15N3O5. The average molecular weight is 305 g/mol. The number of carbonyl (C=O) groups is 3. The maximum atomic E-state index is 10.5. The van der Waals surface area contributed by atoms with Gasteiger partial charge in [0.2, 0.25) is 0 Å². The van der Waals surface area contributed by atoms with Gasteiger partial charge in [-0.05, 0) is 11.6 Å². The lowest BCUT2D eigenvalue weighted by Gasteiger charge is -1.92. The van der Waals surface area contributed by atoms with E-state index < -0.39 is 17.8 Å². The first-order valence-corrected chi connectivity index (χ1v) is 6.12. The third kappa shape index (κ3) is 5.47. The summed E-state index contributed by atoms with van der Waals surface area (Å²) in [4.78, 5) is 33.4. The number of para-hydroxylation sites is 1. The van der Waals surface area contributed by atoms with Crippen molar-refractivity contribution >= 4 is 28.7 Å². The molecule has 8 nitrogen and oxygen atoms in total. The molecule has 0 aliphatic rings. The number of hydrazine groups is 1. The number of H-pyrrole nitrogens is 1. The minimum absolute atomic E-state index is 0.0734. The van der Waals surface area contributed by atoms with Gasteiger partial charge < -0.3 is 15.2 Å². The van der Waals surface area contributed by atoms with Gasteiger partial charge >= 0.3 is 11.9 Å². The number of carbonyl (C=O) groups excluding carboxylic acids is 1. The van der Waals surface area contributed by atoms with Crippen molar-refractivity contribution in [2.45, 2.75) is 6.42 Å². The topological polar surface area (TPSA) is 146 Å². The Kier molecular flexibility index (Phi) is 6.32. The Hall–Kier alpha value is -3.13. The molecule has 1 heterocycles. The van der Waals surface area contributed by atoms with E-state index in [4.69, 9.17) is 10.2 Å². The van der Waals surface area contributed by atoms with Crippen molar-refractivity contribution in [1.82, 2.24) is 10.4 Å². The van der Waals surface area contributed by atoms with Crippen LogP contribution in [0.1, 0.15) is 5.56 Å². The van der Waals surface area contributed by atoms with Gasteiger partial charge in [0.1, 0.15) is 0 Å². The van der Waals surface area contributed by atoms with Crippen LogP contribution in [-0.2, 0) is 20.8 Å². The molecule has 0 saturated carbocycles. The highest BCUT2D eigenvalue weighted by Crippen LogP contribution is 2.17. The summed E-state index contributed by atoms with van der Waals surface area (Å²) < 4.78 is 0. The molecule has 0 aliphatic heterocycles. The van der Waals surface area contributed by atoms with E-state index in [9.17, 15) is 14.4 Å². The predicted molar refractivity (Wildman–Crippen MR) is 78.7 cm³/mol. The SMILES string of the molecule is NNC(=O)/C=C\C(=O)O.O=C(O)Cc1c[nH]c2ccccc12. The number of aromatic nitrogens is 1. The molecule has 0 aliphatic carbocycles. The Morgan fingerprint density at radius 1 is 1.18 bits per heavy atom. The lowest BCUT2D eigenvalue weighted by molar-refractivity contribution is -0.136. The maximum Gasteiger partial charge on any atom is 0.328 e. The van der Waals surface area contributed by atoms with E-state index in [2.05, 4.69) is 10.8 Å². The molecule has 0 radical (unpaired) electrons. The van der Waals surface area contributed by atoms with Crippen LogP contribution in [0.4, 0.5) is 0 Å². The molecule has 0 fully saturated rings. The van der Waals surface area contributed by atoms with Gasteiger partial charge in [0, 0.05) is 29.3 Å². The Morgan fingerprint density at radius 2 is 1.86 bits per heavy atom. The number of amides is 1. The second-order valence-electron chi connectivity index (χ2n) is 4.11. The fourth-order valence-electron chi connectivity index (χ4n) is 1.64. The Balaban J connectivity index is 0.000000239. The van der Waals surface area contributed by atoms with Gasteiger partial charge in [-0.2, -0.15) is 0 Å². The third-order valence-electron chi connectivity index (χ3n) is 2.54. The number of aliphatic carboxylic acids is 2. The van der Waals surface area contributed by atoms with Crippen molar-refractivity contribution in [3.8, 4) is 0 Å². The lowest BCUT2D eigenvalue weighted by atomic mass is 10.1. The standard InChI is InChI=1S/C10H9NO2.C4H6N2O3/c12-10(13)5-7-6-11-9-4-2-1-3-8(7)9;5-6-3(7)1-2-4(8)9/h1-4,6,11H,5H2,(H,12,13);1-2H,5H2,(H,6,7)(H,8,9)/b;2-1-. The molecule has 6 N–H and O–H groups in total. The largest absolute Gasteiger partial charge is 0.481 e. The number of carboxylic acid groups (broad SMARTS) is 2. The Labute approximate surface area is 125 Å². The summed E-state index contributed by atoms with van der Waals surface area (Å²) in [6.07, 6.45) is 3.34. The van der Waals surface area contributed by atoms with Crippen molar-refractivity contribution in [3.63, 3.8) is 0 Å². The Morgan fingerprint density at radius 3 is 2.45 bits per heavy atom. The molecule has 1 amide bonds. The minimum atomic E-state index is -1.18. The zero-order chi connectivity index (χ0) is 16.5. The number of fused-ring (bicyclic) bond motifs is 1. The average Bonchev–Trinajstić information content (AvgIpc) is 2.88. The number of benzene rings is 1. The monoisotopic (exact) mass is 305 g/mol. The number of nitrogens with two attached hydrogens (primary N) is 1. The molecule has 0 unspecified atom stereocenters. The number of carboxylic acids is 2. The van der Waals surface area contributed by atoms with Gasteiger partial charge in [-0.15, -0.1) is 0 Å². The summed E-state index contributed by atoms with van der Waals surface area (Å²) in [6.45, 7) is 0. The number of aromatic amines is 1. The fourth-order valence-corrected chi connectivity index (χ4v) is 1.64. The smallest absolute Gasteiger partial charge is 0.328 e. The molecule has 0 saturated heterocycles. The van der Waals surface area contributed by atoms with E-state index in [1.165, 1.54) is 0 Å². The summed E-state index contributed by atoms with van der Waals surface area (Å²) >= 11 is 0. The van der Waals surface area contributed by atoms with E-state index in [-0.39, 0.29) is 6.42 Å². The van der Waals surface area contributed by atoms with Crippen LogP contribution in [0.2, 0.25) is 0 Å². The highest BCUT2D eigenvalue weighted by atomic mass is 16.4. The highest BCUT2D eigenvalue weighted by molar-refractivity contribution is 5.93. The Bertz CT molecular complexity index is 705. The second kappa shape index (κ2) is 8.22. The molecule has 8 heteroatoms. The molecular weight excluding hydrogens is 290 g/mol. The number of hydrogen-bond donors (Lipinski definition) is 5. The summed E-state index contributed by atoms with van der Waals surface area (Å²) in [5.74, 6) is 1.99. The fraction of sp³-hybridized carbons (Fsp3) is 0.0714. The van der Waals surface area contributed by atoms with Crippen LogP contribution < -0.4 is 11.3 Å². The van der Waals surface area contributed by atoms with Gasteiger partial charge in [-0.1, -0.05) is 18.2 Å². The van der Waals surface area contributed by atoms with Crippen LogP contribution in [0.15, 0.2) is 42.6 Å². The molecule has 1 aromatic heterocycles. The summed E-state index contributed by atoms with van der Waals surface area (Å²) in [6, 6.07) is 7.68. The summed E-state index contributed by atoms with van der Waals surface area (Å²) in [5, 5.41) is 17.6. The molecule has 1 aromatic carbocycles. The summed E-state index contributed by atoms with van der Waals surface area (Å²) in [7, 11) is 0. The highest BCUT2D eigenvalue weighted by Gasteiger charge is 2.05. The van der Waals surface area contributed by atoms with E-state index in [1.54, 1.807) is 11.6 Å². The van der Waals surface area contributed by atoms with Crippen LogP contribution in [0, 0.1) is 0 Å². The molecule has 0 spiro atoms. The number of nitrogens with one attached hydrogen (secondary N) is 2. The quantitative estimate of drug-likeness (QED) is 0.239. The number of rotatable bonds is 4. The molecule has 2 aromatic rings.